The first-order valence-electron chi connectivity index (χ1n) is 36.0. The van der Waals surface area contributed by atoms with Crippen molar-refractivity contribution < 1.29 is 8.83 Å². The van der Waals surface area contributed by atoms with Gasteiger partial charge in [-0.3, -0.25) is 0 Å². The molecule has 0 fully saturated rings. The van der Waals surface area contributed by atoms with Crippen LogP contribution in [0.25, 0.3) is 76.5 Å². The Bertz CT molecular complexity index is 4610. The van der Waals surface area contributed by atoms with Crippen LogP contribution in [0, 0.1) is 0 Å². The topological polar surface area (TPSA) is 162 Å². The van der Waals surface area contributed by atoms with Crippen molar-refractivity contribution in [3.8, 4) is 0 Å². The van der Waals surface area contributed by atoms with Crippen molar-refractivity contribution in [3.05, 3.63) is 259 Å². The van der Waals surface area contributed by atoms with Crippen molar-refractivity contribution in [2.24, 2.45) is 0 Å². The Morgan fingerprint density at radius 1 is 0.423 bits per heavy atom. The van der Waals surface area contributed by atoms with E-state index in [0.717, 1.165) is 78.5 Å². The number of hydrogen-bond donors (Lipinski definition) is 2. The first-order chi connectivity index (χ1) is 48.6. The number of H-pyrrole nitrogens is 2. The Balaban J connectivity index is 0.000000138. The average Bonchev–Trinajstić information content (AvgIpc) is 1.19. The van der Waals surface area contributed by atoms with E-state index in [-0.39, 0.29) is 43.4 Å². The zero-order chi connectivity index (χ0) is 75.8. The second kappa shape index (κ2) is 31.5. The maximum absolute atomic E-state index is 5.62. The number of aromatic nitrogens is 12. The molecule has 544 valence electrons. The fourth-order valence-electron chi connectivity index (χ4n) is 10.6. The fourth-order valence-corrected chi connectivity index (χ4v) is 11.6. The summed E-state index contributed by atoms with van der Waals surface area (Å²) in [7, 11) is 0. The van der Waals surface area contributed by atoms with Gasteiger partial charge in [-0.1, -0.05) is 218 Å². The van der Waals surface area contributed by atoms with Crippen LogP contribution in [-0.4, -0.2) is 58.5 Å². The molecule has 16 aromatic rings. The summed E-state index contributed by atoms with van der Waals surface area (Å²) in [5.74, 6) is 1.85. The molecule has 0 saturated carbocycles. The largest absolute Gasteiger partial charge is 0.463 e. The lowest BCUT2D eigenvalue weighted by Crippen LogP contribution is -2.20. The van der Waals surface area contributed by atoms with Crippen molar-refractivity contribution in [2.75, 3.05) is 0 Å². The highest BCUT2D eigenvalue weighted by Gasteiger charge is 2.23. The highest BCUT2D eigenvalue weighted by atomic mass is 32.1. The van der Waals surface area contributed by atoms with Crippen molar-refractivity contribution in [1.29, 1.82) is 0 Å². The number of rotatable bonds is 0. The van der Waals surface area contributed by atoms with Crippen LogP contribution in [0.1, 0.15) is 206 Å². The number of benzene rings is 5. The van der Waals surface area contributed by atoms with Gasteiger partial charge in [-0.15, -0.1) is 11.3 Å². The Labute approximate surface area is 619 Å². The Hall–Kier alpha value is -9.99. The molecule has 0 atom stereocenters. The number of fused-ring (bicyclic) bond motifs is 8. The van der Waals surface area contributed by atoms with E-state index in [1.165, 1.54) is 37.4 Å². The van der Waals surface area contributed by atoms with Gasteiger partial charge >= 0.3 is 0 Å². The number of nitrogens with one attached hydrogen (secondary N) is 2. The van der Waals surface area contributed by atoms with Gasteiger partial charge in [-0.25, -0.2) is 34.4 Å². The Kier molecular flexibility index (Phi) is 23.7. The molecule has 104 heavy (non-hydrogen) atoms. The Morgan fingerprint density at radius 2 is 1.04 bits per heavy atom. The molecule has 0 radical (unpaired) electrons. The van der Waals surface area contributed by atoms with Crippen LogP contribution in [-0.2, 0) is 43.4 Å². The molecule has 0 saturated heterocycles. The highest BCUT2D eigenvalue weighted by Crippen LogP contribution is 2.33. The summed E-state index contributed by atoms with van der Waals surface area (Å²) < 4.78 is 18.3. The number of para-hydroxylation sites is 8. The summed E-state index contributed by atoms with van der Waals surface area (Å²) in [5, 5.41) is 6.67. The summed E-state index contributed by atoms with van der Waals surface area (Å²) in [6, 6.07) is 61.3. The number of thiazole rings is 1. The first kappa shape index (κ1) is 78.2. The number of nitrogens with zero attached hydrogens (tertiary/aromatic N) is 10. The van der Waals surface area contributed by atoms with Crippen LogP contribution >= 0.6 is 11.3 Å². The monoisotopic (exact) mass is 1410 g/mol. The summed E-state index contributed by atoms with van der Waals surface area (Å²) in [6.07, 6.45) is 11.5. The highest BCUT2D eigenvalue weighted by molar-refractivity contribution is 7.18. The van der Waals surface area contributed by atoms with E-state index < -0.39 is 0 Å². The molecule has 0 aliphatic heterocycles. The minimum absolute atomic E-state index is 0.0149. The predicted octanol–water partition coefficient (Wildman–Crippen LogP) is 24.2. The second-order valence-corrected chi connectivity index (χ2v) is 35.6. The molecule has 0 bridgehead atoms. The van der Waals surface area contributed by atoms with E-state index in [0.29, 0.717) is 0 Å². The molecular formula is C89H110N12O2S. The third kappa shape index (κ3) is 20.9. The van der Waals surface area contributed by atoms with E-state index in [2.05, 4.69) is 299 Å². The standard InChI is InChI=1S/C12H15N.4C11H14N2.2C11H13NO.C11H13NS/c1-12(2,3)11-8-9-6-4-5-7-10(9)13-11;1-11(2,3)9-5-7-13-10(8-9)4-6-12-13;1-11(2,3)9-8-13-7-5-4-6-10(13)12-9;1-11(2,3)13-8-12-9-6-4-5-7-10(9)13;1-11(2,3)10-12-8-6-4-5-7-9(8)13-10;1-11(2,3)10-5-4-9-8(12-10)6-7-13-9;2*1-11(2,3)10-12-8-6-4-5-7-9(8)13-10/h4-8,13H,1-3H3;3*4-8H,1-3H3;4-7H,1-3H3,(H,12,13);3*4-7H,1-3H3. The summed E-state index contributed by atoms with van der Waals surface area (Å²) in [6.45, 7) is 52.2. The number of hydrogen-bond acceptors (Lipinski definition) is 10. The van der Waals surface area contributed by atoms with Gasteiger partial charge in [-0.05, 0) is 140 Å². The zero-order valence-corrected chi connectivity index (χ0v) is 66.8. The lowest BCUT2D eigenvalue weighted by molar-refractivity contribution is 0.408. The van der Waals surface area contributed by atoms with Gasteiger partial charge < -0.3 is 27.8 Å². The minimum atomic E-state index is -0.0149. The van der Waals surface area contributed by atoms with Crippen molar-refractivity contribution >= 4 is 87.9 Å². The van der Waals surface area contributed by atoms with Gasteiger partial charge in [0.25, 0.3) is 0 Å². The summed E-state index contributed by atoms with van der Waals surface area (Å²) in [5.41, 5.74) is 18.5. The van der Waals surface area contributed by atoms with Gasteiger partial charge in [0.1, 0.15) is 22.5 Å². The van der Waals surface area contributed by atoms with Crippen molar-refractivity contribution in [2.45, 2.75) is 210 Å². The van der Waals surface area contributed by atoms with E-state index in [1.54, 1.807) is 17.6 Å². The van der Waals surface area contributed by atoms with E-state index in [1.807, 2.05) is 139 Å². The first-order valence-corrected chi connectivity index (χ1v) is 36.8. The van der Waals surface area contributed by atoms with Gasteiger partial charge in [-0.2, -0.15) is 5.10 Å². The molecule has 11 aromatic heterocycles. The van der Waals surface area contributed by atoms with Gasteiger partial charge in [0.05, 0.1) is 61.1 Å². The zero-order valence-electron chi connectivity index (χ0n) is 66.0. The molecule has 0 aliphatic carbocycles. The van der Waals surface area contributed by atoms with Crippen LogP contribution in [0.4, 0.5) is 0 Å². The lowest BCUT2D eigenvalue weighted by Gasteiger charge is -2.21. The Morgan fingerprint density at radius 3 is 1.64 bits per heavy atom. The molecule has 2 N–H and O–H groups in total. The number of aromatic amines is 2. The quantitative estimate of drug-likeness (QED) is 0.151. The smallest absolute Gasteiger partial charge is 0.200 e. The van der Waals surface area contributed by atoms with E-state index in [4.69, 9.17) is 8.83 Å². The molecule has 16 rings (SSSR count). The maximum atomic E-state index is 5.62. The summed E-state index contributed by atoms with van der Waals surface area (Å²) >= 11 is 1.79. The van der Waals surface area contributed by atoms with E-state index >= 15 is 0 Å². The third-order valence-electron chi connectivity index (χ3n) is 17.0. The SMILES string of the molecule is CC(C)(C)c1cc2ccccc2[nH]1.CC(C)(C)c1ccc2occc2n1.CC(C)(C)c1ccn2nccc2c1.CC(C)(C)c1cn2ccccc2n1.CC(C)(C)c1nc2ccccc2[nH]1.CC(C)(C)c1nc2ccccc2o1.CC(C)(C)c1nc2ccccc2s1.CC(C)(C)n1cnc2ccccc21. The molecule has 0 spiro atoms. The lowest BCUT2D eigenvalue weighted by atomic mass is 9.88. The van der Waals surface area contributed by atoms with Gasteiger partial charge in [0, 0.05) is 85.8 Å². The molecule has 0 aliphatic rings. The molecule has 14 nitrogen and oxygen atoms in total. The third-order valence-corrected chi connectivity index (χ3v) is 18.4. The molecule has 5 aromatic carbocycles. The predicted molar refractivity (Wildman–Crippen MR) is 438 cm³/mol. The fraction of sp³-hybridized carbons (Fsp3) is 0.360. The van der Waals surface area contributed by atoms with E-state index in [9.17, 15) is 0 Å². The summed E-state index contributed by atoms with van der Waals surface area (Å²) in [4.78, 5) is 33.7. The van der Waals surface area contributed by atoms with Crippen molar-refractivity contribution in [3.63, 3.8) is 0 Å². The minimum Gasteiger partial charge on any atom is -0.463 e. The van der Waals surface area contributed by atoms with Crippen LogP contribution < -0.4 is 0 Å². The average molecular weight is 1410 g/mol. The van der Waals surface area contributed by atoms with Gasteiger partial charge in [0.2, 0.25) is 5.89 Å². The van der Waals surface area contributed by atoms with Gasteiger partial charge in [0.15, 0.2) is 11.2 Å². The normalized spacial score (nSPS) is 12.2. The van der Waals surface area contributed by atoms with Crippen LogP contribution in [0.5, 0.6) is 0 Å². The second-order valence-electron chi connectivity index (χ2n) is 34.6. The van der Waals surface area contributed by atoms with Crippen LogP contribution in [0.3, 0.4) is 0 Å². The van der Waals surface area contributed by atoms with Crippen LogP contribution in [0.2, 0.25) is 0 Å². The maximum Gasteiger partial charge on any atom is 0.200 e. The molecular weight excluding hydrogens is 1300 g/mol. The molecule has 0 unspecified atom stereocenters. The molecule has 15 heteroatoms. The number of imidazole rings is 3. The number of furan rings is 1. The molecule has 11 heterocycles. The number of pyridine rings is 3. The molecule has 0 amide bonds. The number of oxazole rings is 1. The van der Waals surface area contributed by atoms with Crippen LogP contribution in [0.15, 0.2) is 228 Å². The van der Waals surface area contributed by atoms with Crippen molar-refractivity contribution in [1.82, 2.24) is 58.5 Å².